The van der Waals surface area contributed by atoms with E-state index in [2.05, 4.69) is 5.32 Å². The van der Waals surface area contributed by atoms with Crippen LogP contribution in [0, 0.1) is 0 Å². The van der Waals surface area contributed by atoms with Gasteiger partial charge in [0.25, 0.3) is 10.0 Å². The van der Waals surface area contributed by atoms with Gasteiger partial charge in [-0.2, -0.15) is 0 Å². The van der Waals surface area contributed by atoms with E-state index in [0.29, 0.717) is 41.6 Å². The van der Waals surface area contributed by atoms with Crippen LogP contribution in [0.3, 0.4) is 0 Å². The molecule has 1 N–H and O–H groups in total. The molecule has 3 aromatic carbocycles. The second-order valence-corrected chi connectivity index (χ2v) is 11.7. The zero-order valence-electron chi connectivity index (χ0n) is 23.8. The van der Waals surface area contributed by atoms with Crippen LogP contribution in [0.4, 0.5) is 5.69 Å². The Hall–Kier alpha value is -3.56. The number of nitrogens with zero attached hydrogens (tertiary/aromatic N) is 2. The van der Waals surface area contributed by atoms with Crippen LogP contribution in [-0.2, 0) is 26.2 Å². The molecule has 220 valence electrons. The van der Waals surface area contributed by atoms with Gasteiger partial charge in [-0.25, -0.2) is 8.42 Å². The summed E-state index contributed by atoms with van der Waals surface area (Å²) in [7, 11) is -4.14. The molecule has 0 spiro atoms. The molecule has 2 amide bonds. The standard InChI is InChI=1S/C31H38ClN3O5S/c1-4-7-21-33-31(37)29(5-2)34(22-24-13-11-12-16-28(24)32)30(36)23-35(25-17-19-26(20-18-25)40-6-3)41(38,39)27-14-9-8-10-15-27/h8-20,29H,4-7,21-23H2,1-3H3,(H,33,37)/t29-/m0/s1. The van der Waals surface area contributed by atoms with Crippen molar-refractivity contribution >= 4 is 39.1 Å². The molecular formula is C31H38ClN3O5S. The first-order valence-electron chi connectivity index (χ1n) is 13.8. The number of ether oxygens (including phenoxy) is 1. The monoisotopic (exact) mass is 599 g/mol. The molecule has 3 aromatic rings. The zero-order valence-corrected chi connectivity index (χ0v) is 25.3. The fourth-order valence-corrected chi connectivity index (χ4v) is 5.99. The minimum Gasteiger partial charge on any atom is -0.494 e. The van der Waals surface area contributed by atoms with Crippen LogP contribution < -0.4 is 14.4 Å². The molecule has 0 saturated carbocycles. The number of sulfonamides is 1. The number of carbonyl (C=O) groups excluding carboxylic acids is 2. The highest BCUT2D eigenvalue weighted by atomic mass is 35.5. The highest BCUT2D eigenvalue weighted by Gasteiger charge is 2.33. The maximum Gasteiger partial charge on any atom is 0.264 e. The van der Waals surface area contributed by atoms with E-state index in [1.807, 2.05) is 20.8 Å². The van der Waals surface area contributed by atoms with Gasteiger partial charge in [-0.05, 0) is 67.8 Å². The molecular weight excluding hydrogens is 562 g/mol. The number of hydrogen-bond donors (Lipinski definition) is 1. The van der Waals surface area contributed by atoms with E-state index in [1.54, 1.807) is 66.7 Å². The normalized spacial score (nSPS) is 11.9. The third kappa shape index (κ3) is 8.47. The van der Waals surface area contributed by atoms with Crippen LogP contribution >= 0.6 is 11.6 Å². The summed E-state index contributed by atoms with van der Waals surface area (Å²) in [6.07, 6.45) is 2.05. The fourth-order valence-electron chi connectivity index (χ4n) is 4.36. The Kier molecular flexibility index (Phi) is 12.0. The van der Waals surface area contributed by atoms with Gasteiger partial charge in [0.1, 0.15) is 18.3 Å². The first kappa shape index (κ1) is 32.0. The molecule has 8 nitrogen and oxygen atoms in total. The lowest BCUT2D eigenvalue weighted by molar-refractivity contribution is -0.140. The van der Waals surface area contributed by atoms with Crippen molar-refractivity contribution in [1.29, 1.82) is 0 Å². The van der Waals surface area contributed by atoms with Gasteiger partial charge < -0.3 is 15.0 Å². The van der Waals surface area contributed by atoms with Crippen molar-refractivity contribution in [2.24, 2.45) is 0 Å². The lowest BCUT2D eigenvalue weighted by Gasteiger charge is -2.33. The Labute approximate surface area is 248 Å². The third-order valence-corrected chi connectivity index (χ3v) is 8.72. The quantitative estimate of drug-likeness (QED) is 0.228. The molecule has 3 rings (SSSR count). The van der Waals surface area contributed by atoms with Crippen LogP contribution in [0.1, 0.15) is 45.6 Å². The van der Waals surface area contributed by atoms with Crippen molar-refractivity contribution in [2.45, 2.75) is 57.5 Å². The van der Waals surface area contributed by atoms with Crippen molar-refractivity contribution in [3.63, 3.8) is 0 Å². The number of rotatable bonds is 15. The van der Waals surface area contributed by atoms with Gasteiger partial charge in [0, 0.05) is 18.1 Å². The summed E-state index contributed by atoms with van der Waals surface area (Å²) < 4.78 is 34.4. The molecule has 1 atom stereocenters. The van der Waals surface area contributed by atoms with Gasteiger partial charge in [0.2, 0.25) is 11.8 Å². The highest BCUT2D eigenvalue weighted by Crippen LogP contribution is 2.27. The molecule has 10 heteroatoms. The van der Waals surface area contributed by atoms with Gasteiger partial charge in [-0.3, -0.25) is 13.9 Å². The Morgan fingerprint density at radius 1 is 0.927 bits per heavy atom. The van der Waals surface area contributed by atoms with Crippen molar-refractivity contribution in [3.8, 4) is 5.75 Å². The second-order valence-electron chi connectivity index (χ2n) is 9.43. The molecule has 0 bridgehead atoms. The number of halogens is 1. The summed E-state index contributed by atoms with van der Waals surface area (Å²) in [6, 6.07) is 20.7. The molecule has 0 radical (unpaired) electrons. The van der Waals surface area contributed by atoms with Crippen LogP contribution in [0.5, 0.6) is 5.75 Å². The second kappa shape index (κ2) is 15.4. The lowest BCUT2D eigenvalue weighted by atomic mass is 10.1. The topological polar surface area (TPSA) is 96.0 Å². The van der Waals surface area contributed by atoms with Gasteiger partial charge in [0.05, 0.1) is 17.2 Å². The molecule has 0 aliphatic heterocycles. The maximum atomic E-state index is 14.1. The number of unbranched alkanes of at least 4 members (excludes halogenated alkanes) is 1. The van der Waals surface area contributed by atoms with Gasteiger partial charge in [0.15, 0.2) is 0 Å². The molecule has 0 aliphatic rings. The minimum absolute atomic E-state index is 0.0424. The summed E-state index contributed by atoms with van der Waals surface area (Å²) in [4.78, 5) is 28.8. The number of anilines is 1. The van der Waals surface area contributed by atoms with E-state index >= 15 is 0 Å². The van der Waals surface area contributed by atoms with Crippen LogP contribution in [0.2, 0.25) is 5.02 Å². The fraction of sp³-hybridized carbons (Fsp3) is 0.355. The average molecular weight is 600 g/mol. The molecule has 0 unspecified atom stereocenters. The number of amides is 2. The summed E-state index contributed by atoms with van der Waals surface area (Å²) in [5.74, 6) is -0.245. The number of benzene rings is 3. The predicted molar refractivity (Wildman–Crippen MR) is 163 cm³/mol. The van der Waals surface area contributed by atoms with Crippen molar-refractivity contribution < 1.29 is 22.7 Å². The van der Waals surface area contributed by atoms with E-state index in [0.717, 1.165) is 17.1 Å². The van der Waals surface area contributed by atoms with Crippen LogP contribution in [0.15, 0.2) is 83.8 Å². The van der Waals surface area contributed by atoms with Crippen LogP contribution in [0.25, 0.3) is 0 Å². The average Bonchev–Trinajstić information content (AvgIpc) is 2.98. The smallest absolute Gasteiger partial charge is 0.264 e. The Morgan fingerprint density at radius 2 is 1.59 bits per heavy atom. The summed E-state index contributed by atoms with van der Waals surface area (Å²) >= 11 is 6.44. The molecule has 0 heterocycles. The maximum absolute atomic E-state index is 14.1. The lowest BCUT2D eigenvalue weighted by Crippen LogP contribution is -2.52. The molecule has 0 saturated heterocycles. The summed E-state index contributed by atoms with van der Waals surface area (Å²) in [6.45, 7) is 6.17. The minimum atomic E-state index is -4.14. The van der Waals surface area contributed by atoms with Crippen molar-refractivity contribution in [2.75, 3.05) is 24.0 Å². The predicted octanol–water partition coefficient (Wildman–Crippen LogP) is 5.66. The van der Waals surface area contributed by atoms with E-state index in [9.17, 15) is 18.0 Å². The van der Waals surface area contributed by atoms with E-state index < -0.39 is 28.5 Å². The van der Waals surface area contributed by atoms with E-state index in [1.165, 1.54) is 17.0 Å². The molecule has 0 fully saturated rings. The highest BCUT2D eigenvalue weighted by molar-refractivity contribution is 7.92. The Morgan fingerprint density at radius 3 is 2.20 bits per heavy atom. The van der Waals surface area contributed by atoms with Crippen molar-refractivity contribution in [1.82, 2.24) is 10.2 Å². The summed E-state index contributed by atoms with van der Waals surface area (Å²) in [5, 5.41) is 3.37. The summed E-state index contributed by atoms with van der Waals surface area (Å²) in [5.41, 5.74) is 0.949. The van der Waals surface area contributed by atoms with Gasteiger partial charge in [-0.1, -0.05) is 68.3 Å². The third-order valence-electron chi connectivity index (χ3n) is 6.56. The molecule has 0 aromatic heterocycles. The molecule has 0 aliphatic carbocycles. The number of hydrogen-bond acceptors (Lipinski definition) is 5. The first-order chi connectivity index (χ1) is 19.7. The zero-order chi connectivity index (χ0) is 29.8. The van der Waals surface area contributed by atoms with Gasteiger partial charge in [-0.15, -0.1) is 0 Å². The number of nitrogens with one attached hydrogen (secondary N) is 1. The first-order valence-corrected chi connectivity index (χ1v) is 15.7. The van der Waals surface area contributed by atoms with E-state index in [-0.39, 0.29) is 17.3 Å². The number of carbonyl (C=O) groups is 2. The van der Waals surface area contributed by atoms with Crippen LogP contribution in [-0.4, -0.2) is 50.9 Å². The largest absolute Gasteiger partial charge is 0.494 e. The van der Waals surface area contributed by atoms with Crippen molar-refractivity contribution in [3.05, 3.63) is 89.4 Å². The van der Waals surface area contributed by atoms with E-state index in [4.69, 9.17) is 16.3 Å². The Balaban J connectivity index is 2.03. The van der Waals surface area contributed by atoms with Gasteiger partial charge >= 0.3 is 0 Å². The molecule has 41 heavy (non-hydrogen) atoms. The SMILES string of the molecule is CCCCNC(=O)[C@H](CC)N(Cc1ccccc1Cl)C(=O)CN(c1ccc(OCC)cc1)S(=O)(=O)c1ccccc1. The Bertz CT molecular complexity index is 1380.